The normalized spacial score (nSPS) is 12.5. The van der Waals surface area contributed by atoms with Crippen LogP contribution in [0.5, 0.6) is 0 Å². The van der Waals surface area contributed by atoms with Crippen LogP contribution in [0.4, 0.5) is 0 Å². The quantitative estimate of drug-likeness (QED) is 0.849. The molecule has 0 aliphatic rings. The minimum Gasteiger partial charge on any atom is -0.351 e. The van der Waals surface area contributed by atoms with Crippen LogP contribution >= 0.6 is 15.9 Å². The lowest BCUT2D eigenvalue weighted by Gasteiger charge is -2.13. The predicted octanol–water partition coefficient (Wildman–Crippen LogP) is 2.93. The third kappa shape index (κ3) is 4.86. The lowest BCUT2D eigenvalue weighted by molar-refractivity contribution is 0.0952. The van der Waals surface area contributed by atoms with Crippen molar-refractivity contribution in [3.05, 3.63) is 29.6 Å². The Labute approximate surface area is 111 Å². The number of amides is 1. The number of aryl methyl sites for hydroxylation is 1. The van der Waals surface area contributed by atoms with Crippen molar-refractivity contribution in [2.45, 2.75) is 32.0 Å². The fourth-order valence-corrected chi connectivity index (χ4v) is 2.53. The number of pyridine rings is 1. The highest BCUT2D eigenvalue weighted by atomic mass is 79.9. The van der Waals surface area contributed by atoms with Crippen molar-refractivity contribution in [2.75, 3.05) is 6.54 Å². The van der Waals surface area contributed by atoms with Crippen LogP contribution in [0.15, 0.2) is 18.3 Å². The molecule has 0 radical (unpaired) electrons. The van der Waals surface area contributed by atoms with Gasteiger partial charge < -0.3 is 5.32 Å². The number of aromatic nitrogens is 1. The van der Waals surface area contributed by atoms with Crippen LogP contribution in [-0.2, 0) is 0 Å². The number of nitrogens with zero attached hydrogens (tertiary/aromatic N) is 1. The Kier molecular flexibility index (Phi) is 5.62. The summed E-state index contributed by atoms with van der Waals surface area (Å²) in [7, 11) is 0. The van der Waals surface area contributed by atoms with Crippen LogP contribution in [-0.4, -0.2) is 22.3 Å². The zero-order valence-electron chi connectivity index (χ0n) is 10.5. The van der Waals surface area contributed by atoms with Gasteiger partial charge in [-0.15, -0.1) is 0 Å². The first-order valence-electron chi connectivity index (χ1n) is 5.84. The number of nitrogens with one attached hydrogen (secondary N) is 1. The molecule has 0 spiro atoms. The summed E-state index contributed by atoms with van der Waals surface area (Å²) in [6.07, 6.45) is 2.74. The van der Waals surface area contributed by atoms with E-state index >= 15 is 0 Å². The van der Waals surface area contributed by atoms with Crippen LogP contribution in [0.3, 0.4) is 0 Å². The summed E-state index contributed by atoms with van der Waals surface area (Å²) in [6.45, 7) is 6.82. The van der Waals surface area contributed by atoms with Crippen LogP contribution in [0.1, 0.15) is 36.3 Å². The molecule has 17 heavy (non-hydrogen) atoms. The largest absolute Gasteiger partial charge is 0.351 e. The molecule has 94 valence electrons. The topological polar surface area (TPSA) is 42.0 Å². The van der Waals surface area contributed by atoms with Gasteiger partial charge in [-0.2, -0.15) is 0 Å². The molecule has 1 aromatic rings. The van der Waals surface area contributed by atoms with E-state index in [0.717, 1.165) is 12.1 Å². The van der Waals surface area contributed by atoms with E-state index in [4.69, 9.17) is 0 Å². The molecule has 1 heterocycles. The van der Waals surface area contributed by atoms with Crippen LogP contribution in [0.25, 0.3) is 0 Å². The van der Waals surface area contributed by atoms with Gasteiger partial charge in [0.15, 0.2) is 0 Å². The molecule has 1 N–H and O–H groups in total. The monoisotopic (exact) mass is 298 g/mol. The Hall–Kier alpha value is -0.900. The summed E-state index contributed by atoms with van der Waals surface area (Å²) in [6, 6.07) is 3.57. The third-order valence-corrected chi connectivity index (χ3v) is 3.16. The fraction of sp³-hybridized carbons (Fsp3) is 0.538. The van der Waals surface area contributed by atoms with E-state index in [1.165, 1.54) is 0 Å². The molecule has 0 fully saturated rings. The molecule has 1 amide bonds. The summed E-state index contributed by atoms with van der Waals surface area (Å²) < 4.78 is 0. The van der Waals surface area contributed by atoms with Gasteiger partial charge in [0.05, 0.1) is 5.56 Å². The van der Waals surface area contributed by atoms with Crippen LogP contribution < -0.4 is 5.32 Å². The molecule has 1 atom stereocenters. The maximum atomic E-state index is 11.9. The molecule has 1 aromatic heterocycles. The second-order valence-electron chi connectivity index (χ2n) is 4.57. The van der Waals surface area contributed by atoms with Gasteiger partial charge in [0.1, 0.15) is 0 Å². The average Bonchev–Trinajstić information content (AvgIpc) is 2.25. The van der Waals surface area contributed by atoms with E-state index in [0.29, 0.717) is 22.9 Å². The molecular weight excluding hydrogens is 280 g/mol. The molecule has 0 aliphatic heterocycles. The van der Waals surface area contributed by atoms with Crippen LogP contribution in [0, 0.1) is 12.8 Å². The maximum absolute atomic E-state index is 11.9. The van der Waals surface area contributed by atoms with Crippen molar-refractivity contribution in [3.8, 4) is 0 Å². The van der Waals surface area contributed by atoms with E-state index in [9.17, 15) is 4.79 Å². The molecule has 0 saturated heterocycles. The number of halogens is 1. The number of carbonyl (C=O) groups is 1. The van der Waals surface area contributed by atoms with E-state index in [-0.39, 0.29) is 5.91 Å². The molecule has 1 rings (SSSR count). The first kappa shape index (κ1) is 14.2. The molecule has 3 nitrogen and oxygen atoms in total. The van der Waals surface area contributed by atoms with Gasteiger partial charge >= 0.3 is 0 Å². The van der Waals surface area contributed by atoms with Crippen molar-refractivity contribution in [2.24, 2.45) is 5.92 Å². The molecule has 0 saturated carbocycles. The predicted molar refractivity (Wildman–Crippen MR) is 73.5 cm³/mol. The number of hydrogen-bond donors (Lipinski definition) is 1. The highest BCUT2D eigenvalue weighted by molar-refractivity contribution is 9.09. The third-order valence-electron chi connectivity index (χ3n) is 2.46. The lowest BCUT2D eigenvalue weighted by Crippen LogP contribution is -2.30. The second kappa shape index (κ2) is 6.74. The Balaban J connectivity index is 2.48. The van der Waals surface area contributed by atoms with Gasteiger partial charge in [-0.25, -0.2) is 0 Å². The van der Waals surface area contributed by atoms with Gasteiger partial charge in [0, 0.05) is 23.3 Å². The standard InChI is InChI=1S/C13H19BrN2O/c1-9(2)7-11(14)8-16-13(17)12-5-4-6-15-10(12)3/h4-6,9,11H,7-8H2,1-3H3,(H,16,17). The van der Waals surface area contributed by atoms with Gasteiger partial charge in [-0.3, -0.25) is 9.78 Å². The van der Waals surface area contributed by atoms with E-state index in [2.05, 4.69) is 40.1 Å². The van der Waals surface area contributed by atoms with E-state index in [1.54, 1.807) is 18.3 Å². The average molecular weight is 299 g/mol. The van der Waals surface area contributed by atoms with Crippen molar-refractivity contribution in [3.63, 3.8) is 0 Å². The van der Waals surface area contributed by atoms with Gasteiger partial charge in [0.2, 0.25) is 0 Å². The zero-order valence-corrected chi connectivity index (χ0v) is 12.1. The van der Waals surface area contributed by atoms with Gasteiger partial charge in [-0.1, -0.05) is 29.8 Å². The highest BCUT2D eigenvalue weighted by Crippen LogP contribution is 2.12. The summed E-state index contributed by atoms with van der Waals surface area (Å²) in [5.74, 6) is 0.570. The summed E-state index contributed by atoms with van der Waals surface area (Å²) in [4.78, 5) is 16.3. The zero-order chi connectivity index (χ0) is 12.8. The Morgan fingerprint density at radius 1 is 1.53 bits per heavy atom. The molecular formula is C13H19BrN2O. The van der Waals surface area contributed by atoms with Crippen molar-refractivity contribution in [1.82, 2.24) is 10.3 Å². The van der Waals surface area contributed by atoms with Crippen molar-refractivity contribution < 1.29 is 4.79 Å². The minimum atomic E-state index is -0.0520. The van der Waals surface area contributed by atoms with Crippen molar-refractivity contribution in [1.29, 1.82) is 0 Å². The number of carbonyl (C=O) groups excluding carboxylic acids is 1. The van der Waals surface area contributed by atoms with Crippen molar-refractivity contribution >= 4 is 21.8 Å². The maximum Gasteiger partial charge on any atom is 0.253 e. The van der Waals surface area contributed by atoms with E-state index in [1.807, 2.05) is 6.92 Å². The highest BCUT2D eigenvalue weighted by Gasteiger charge is 2.12. The Morgan fingerprint density at radius 3 is 2.82 bits per heavy atom. The van der Waals surface area contributed by atoms with Gasteiger partial charge in [0.25, 0.3) is 5.91 Å². The minimum absolute atomic E-state index is 0.0520. The number of alkyl halides is 1. The summed E-state index contributed by atoms with van der Waals surface area (Å²) >= 11 is 3.57. The summed E-state index contributed by atoms with van der Waals surface area (Å²) in [5.41, 5.74) is 1.41. The number of rotatable bonds is 5. The van der Waals surface area contributed by atoms with Crippen LogP contribution in [0.2, 0.25) is 0 Å². The molecule has 0 bridgehead atoms. The number of hydrogen-bond acceptors (Lipinski definition) is 2. The second-order valence-corrected chi connectivity index (χ2v) is 5.87. The molecule has 1 unspecified atom stereocenters. The molecule has 0 aliphatic carbocycles. The first-order valence-corrected chi connectivity index (χ1v) is 6.76. The SMILES string of the molecule is Cc1ncccc1C(=O)NCC(Br)CC(C)C. The van der Waals surface area contributed by atoms with E-state index < -0.39 is 0 Å². The first-order chi connectivity index (χ1) is 8.00. The smallest absolute Gasteiger partial charge is 0.253 e. The molecule has 0 aromatic carbocycles. The van der Waals surface area contributed by atoms with Gasteiger partial charge in [-0.05, 0) is 31.4 Å². The fourth-order valence-electron chi connectivity index (χ4n) is 1.62. The summed E-state index contributed by atoms with van der Waals surface area (Å²) in [5, 5.41) is 2.92. The molecule has 4 heteroatoms. The lowest BCUT2D eigenvalue weighted by atomic mass is 10.1. The Morgan fingerprint density at radius 2 is 2.24 bits per heavy atom. The Bertz CT molecular complexity index is 379.